The van der Waals surface area contributed by atoms with Crippen LogP contribution in [-0.2, 0) is 4.79 Å². The summed E-state index contributed by atoms with van der Waals surface area (Å²) >= 11 is 1.65. The molecule has 3 rings (SSSR count). The van der Waals surface area contributed by atoms with E-state index in [0.717, 1.165) is 61.6 Å². The fraction of sp³-hybridized carbons (Fsp3) is 0.533. The van der Waals surface area contributed by atoms with Crippen LogP contribution < -0.4 is 4.90 Å². The van der Waals surface area contributed by atoms with Crippen molar-refractivity contribution in [1.29, 1.82) is 0 Å². The molecule has 0 amide bonds. The zero-order chi connectivity index (χ0) is 15.4. The van der Waals surface area contributed by atoms with Gasteiger partial charge in [0, 0.05) is 32.6 Å². The second-order valence-corrected chi connectivity index (χ2v) is 6.41. The zero-order valence-corrected chi connectivity index (χ0v) is 13.3. The van der Waals surface area contributed by atoms with Gasteiger partial charge in [-0.3, -0.25) is 9.69 Å². The number of piperazine rings is 1. The van der Waals surface area contributed by atoms with E-state index in [1.54, 1.807) is 17.7 Å². The molecule has 0 aliphatic carbocycles. The van der Waals surface area contributed by atoms with Crippen molar-refractivity contribution in [1.82, 2.24) is 14.9 Å². The standard InChI is InChI=1S/C15H20N4O2S/c20-13(21)3-1-2-5-18-6-8-19(9-7-18)14-12-4-10-22-15(12)17-11-16-14/h4,10-11H,1-3,5-9H2,(H,20,21). The van der Waals surface area contributed by atoms with Gasteiger partial charge in [0.05, 0.1) is 5.39 Å². The number of aliphatic carboxylic acids is 1. The van der Waals surface area contributed by atoms with Crippen LogP contribution in [0, 0.1) is 0 Å². The van der Waals surface area contributed by atoms with Gasteiger partial charge in [-0.05, 0) is 30.8 Å². The van der Waals surface area contributed by atoms with Crippen molar-refractivity contribution in [2.24, 2.45) is 0 Å². The maximum Gasteiger partial charge on any atom is 0.303 e. The third-order valence-corrected chi connectivity index (χ3v) is 4.85. The molecule has 0 radical (unpaired) electrons. The SMILES string of the molecule is O=C(O)CCCCN1CCN(c2ncnc3sccc23)CC1. The predicted molar refractivity (Wildman–Crippen MR) is 87.6 cm³/mol. The molecule has 0 saturated carbocycles. The van der Waals surface area contributed by atoms with Gasteiger partial charge in [0.15, 0.2) is 0 Å². The Labute approximate surface area is 133 Å². The number of carboxylic acids is 1. The fourth-order valence-corrected chi connectivity index (χ4v) is 3.55. The van der Waals surface area contributed by atoms with Crippen molar-refractivity contribution in [2.45, 2.75) is 19.3 Å². The van der Waals surface area contributed by atoms with E-state index in [0.29, 0.717) is 0 Å². The van der Waals surface area contributed by atoms with Gasteiger partial charge < -0.3 is 10.0 Å². The topological polar surface area (TPSA) is 69.6 Å². The number of hydrogen-bond donors (Lipinski definition) is 1. The lowest BCUT2D eigenvalue weighted by Gasteiger charge is -2.35. The van der Waals surface area contributed by atoms with Crippen molar-refractivity contribution < 1.29 is 9.90 Å². The number of aromatic nitrogens is 2. The van der Waals surface area contributed by atoms with E-state index in [1.807, 2.05) is 0 Å². The van der Waals surface area contributed by atoms with Crippen LogP contribution in [0.3, 0.4) is 0 Å². The Morgan fingerprint density at radius 3 is 2.82 bits per heavy atom. The summed E-state index contributed by atoms with van der Waals surface area (Å²) in [5, 5.41) is 11.8. The first-order valence-electron chi connectivity index (χ1n) is 7.61. The molecular weight excluding hydrogens is 300 g/mol. The smallest absolute Gasteiger partial charge is 0.303 e. The van der Waals surface area contributed by atoms with Crippen LogP contribution in [0.2, 0.25) is 0 Å². The lowest BCUT2D eigenvalue weighted by Crippen LogP contribution is -2.47. The minimum Gasteiger partial charge on any atom is -0.481 e. The molecule has 3 heterocycles. The van der Waals surface area contributed by atoms with Crippen molar-refractivity contribution in [2.75, 3.05) is 37.6 Å². The maximum absolute atomic E-state index is 10.5. The molecule has 0 aromatic carbocycles. The Morgan fingerprint density at radius 1 is 1.23 bits per heavy atom. The number of carboxylic acid groups (broad SMARTS) is 1. The molecule has 118 valence electrons. The highest BCUT2D eigenvalue weighted by molar-refractivity contribution is 7.16. The first kappa shape index (κ1) is 15.2. The van der Waals surface area contributed by atoms with Crippen LogP contribution in [0.1, 0.15) is 19.3 Å². The highest BCUT2D eigenvalue weighted by Gasteiger charge is 2.19. The van der Waals surface area contributed by atoms with Gasteiger partial charge >= 0.3 is 5.97 Å². The van der Waals surface area contributed by atoms with Crippen LogP contribution >= 0.6 is 11.3 Å². The third kappa shape index (κ3) is 3.53. The largest absolute Gasteiger partial charge is 0.481 e. The van der Waals surface area contributed by atoms with E-state index >= 15 is 0 Å². The number of hydrogen-bond acceptors (Lipinski definition) is 6. The van der Waals surface area contributed by atoms with Crippen LogP contribution in [0.4, 0.5) is 5.82 Å². The van der Waals surface area contributed by atoms with Gasteiger partial charge in [-0.15, -0.1) is 11.3 Å². The molecule has 0 bridgehead atoms. The van der Waals surface area contributed by atoms with Crippen molar-refractivity contribution >= 4 is 33.3 Å². The van der Waals surface area contributed by atoms with Gasteiger partial charge in [-0.25, -0.2) is 9.97 Å². The molecule has 22 heavy (non-hydrogen) atoms. The molecule has 0 unspecified atom stereocenters. The number of thiophene rings is 1. The van der Waals surface area contributed by atoms with E-state index in [-0.39, 0.29) is 6.42 Å². The Balaban J connectivity index is 1.51. The molecule has 0 atom stereocenters. The highest BCUT2D eigenvalue weighted by Crippen LogP contribution is 2.27. The average molecular weight is 320 g/mol. The Kier molecular flexibility index (Phi) is 4.84. The van der Waals surface area contributed by atoms with E-state index in [2.05, 4.69) is 31.2 Å². The van der Waals surface area contributed by atoms with Crippen molar-refractivity contribution in [3.05, 3.63) is 17.8 Å². The summed E-state index contributed by atoms with van der Waals surface area (Å²) in [6.45, 7) is 4.91. The average Bonchev–Trinajstić information content (AvgIpc) is 3.00. The number of anilines is 1. The lowest BCUT2D eigenvalue weighted by atomic mass is 10.2. The summed E-state index contributed by atoms with van der Waals surface area (Å²) in [7, 11) is 0. The number of carbonyl (C=O) groups is 1. The fourth-order valence-electron chi connectivity index (χ4n) is 2.82. The van der Waals surface area contributed by atoms with Crippen molar-refractivity contribution in [3.63, 3.8) is 0 Å². The van der Waals surface area contributed by atoms with Crippen LogP contribution in [0.15, 0.2) is 17.8 Å². The summed E-state index contributed by atoms with van der Waals surface area (Å²) in [4.78, 5) is 25.0. The number of nitrogens with zero attached hydrogens (tertiary/aromatic N) is 4. The summed E-state index contributed by atoms with van der Waals surface area (Å²) in [5.41, 5.74) is 0. The third-order valence-electron chi connectivity index (χ3n) is 4.03. The lowest BCUT2D eigenvalue weighted by molar-refractivity contribution is -0.137. The second-order valence-electron chi connectivity index (χ2n) is 5.52. The molecule has 7 heteroatoms. The Bertz CT molecular complexity index is 637. The minimum absolute atomic E-state index is 0.275. The molecule has 1 aliphatic heterocycles. The van der Waals surface area contributed by atoms with E-state index in [1.165, 1.54) is 0 Å². The first-order valence-corrected chi connectivity index (χ1v) is 8.49. The predicted octanol–water partition coefficient (Wildman–Crippen LogP) is 2.07. The highest BCUT2D eigenvalue weighted by atomic mass is 32.1. The number of fused-ring (bicyclic) bond motifs is 1. The second kappa shape index (κ2) is 7.02. The van der Waals surface area contributed by atoms with Gasteiger partial charge in [0.1, 0.15) is 17.0 Å². The molecule has 1 N–H and O–H groups in total. The quantitative estimate of drug-likeness (QED) is 0.822. The van der Waals surface area contributed by atoms with Crippen molar-refractivity contribution in [3.8, 4) is 0 Å². The first-order chi connectivity index (χ1) is 10.7. The molecule has 1 fully saturated rings. The van der Waals surface area contributed by atoms with Gasteiger partial charge in [-0.1, -0.05) is 0 Å². The van der Waals surface area contributed by atoms with Gasteiger partial charge in [0.2, 0.25) is 0 Å². The molecule has 2 aromatic heterocycles. The summed E-state index contributed by atoms with van der Waals surface area (Å²) in [5.74, 6) is 0.338. The molecule has 1 saturated heterocycles. The molecule has 2 aromatic rings. The summed E-state index contributed by atoms with van der Waals surface area (Å²) in [6, 6.07) is 2.09. The number of rotatable bonds is 6. The van der Waals surface area contributed by atoms with Gasteiger partial charge in [0.25, 0.3) is 0 Å². The molecule has 1 aliphatic rings. The van der Waals surface area contributed by atoms with Gasteiger partial charge in [-0.2, -0.15) is 0 Å². The monoisotopic (exact) mass is 320 g/mol. The Morgan fingerprint density at radius 2 is 2.05 bits per heavy atom. The molecule has 0 spiro atoms. The summed E-state index contributed by atoms with van der Waals surface area (Å²) in [6.07, 6.45) is 3.63. The van der Waals surface area contributed by atoms with E-state index in [9.17, 15) is 4.79 Å². The van der Waals surface area contributed by atoms with E-state index in [4.69, 9.17) is 5.11 Å². The van der Waals surface area contributed by atoms with Crippen LogP contribution in [-0.4, -0.2) is 58.7 Å². The van der Waals surface area contributed by atoms with Crippen LogP contribution in [0.25, 0.3) is 10.2 Å². The molecular formula is C15H20N4O2S. The number of unbranched alkanes of at least 4 members (excludes halogenated alkanes) is 1. The zero-order valence-electron chi connectivity index (χ0n) is 12.4. The maximum atomic E-state index is 10.5. The van der Waals surface area contributed by atoms with E-state index < -0.39 is 5.97 Å². The molecule has 6 nitrogen and oxygen atoms in total. The summed E-state index contributed by atoms with van der Waals surface area (Å²) < 4.78 is 0. The minimum atomic E-state index is -0.701. The van der Waals surface area contributed by atoms with Crippen LogP contribution in [0.5, 0.6) is 0 Å². The Hall–Kier alpha value is -1.73. The normalized spacial score (nSPS) is 16.3.